The molecule has 124 valence electrons. The maximum absolute atomic E-state index is 13.5. The van der Waals surface area contributed by atoms with E-state index in [1.807, 2.05) is 0 Å². The Hall–Kier alpha value is -2.17. The molecule has 0 bridgehead atoms. The highest BCUT2D eigenvalue weighted by atomic mass is 19.1. The number of nitrogens with one attached hydrogen (secondary N) is 2. The molecule has 0 spiro atoms. The number of benzene rings is 1. The van der Waals surface area contributed by atoms with Crippen LogP contribution >= 0.6 is 0 Å². The van der Waals surface area contributed by atoms with Gasteiger partial charge >= 0.3 is 0 Å². The molecule has 0 aliphatic heterocycles. The molecule has 1 aromatic carbocycles. The fourth-order valence-corrected chi connectivity index (χ4v) is 2.72. The Morgan fingerprint density at radius 3 is 2.61 bits per heavy atom. The fraction of sp³-hybridized carbons (Fsp3) is 0.444. The summed E-state index contributed by atoms with van der Waals surface area (Å²) in [6, 6.07) is 6.47. The van der Waals surface area contributed by atoms with Gasteiger partial charge in [-0.05, 0) is 31.9 Å². The third-order valence-corrected chi connectivity index (χ3v) is 4.02. The summed E-state index contributed by atoms with van der Waals surface area (Å²) in [7, 11) is 0. The van der Waals surface area contributed by atoms with Crippen LogP contribution in [0.1, 0.15) is 44.6 Å². The molecule has 2 N–H and O–H groups in total. The second-order valence-corrected chi connectivity index (χ2v) is 5.93. The van der Waals surface area contributed by atoms with Gasteiger partial charge in [-0.1, -0.05) is 37.5 Å². The predicted molar refractivity (Wildman–Crippen MR) is 88.1 cm³/mol. The maximum Gasteiger partial charge on any atom is 0.247 e. The smallest absolute Gasteiger partial charge is 0.247 e. The summed E-state index contributed by atoms with van der Waals surface area (Å²) in [5, 5.41) is 5.51. The second-order valence-electron chi connectivity index (χ2n) is 5.93. The molecule has 0 saturated heterocycles. The summed E-state index contributed by atoms with van der Waals surface area (Å²) in [5.41, 5.74) is 0.715. The molecule has 23 heavy (non-hydrogen) atoms. The minimum Gasteiger partial charge on any atom is -0.352 e. The molecule has 0 radical (unpaired) electrons. The molecule has 2 amide bonds. The predicted octanol–water partition coefficient (Wildman–Crippen LogP) is 2.79. The molecular formula is C18H23FN2O2. The SMILES string of the molecule is C/C(=C\c1ccccc1F)C(=O)NCC(=O)NC1CCCCC1. The lowest BCUT2D eigenvalue weighted by Crippen LogP contribution is -2.42. The summed E-state index contributed by atoms with van der Waals surface area (Å²) in [6.07, 6.45) is 6.99. The van der Waals surface area contributed by atoms with E-state index in [1.165, 1.54) is 18.6 Å². The first-order valence-electron chi connectivity index (χ1n) is 8.06. The normalized spacial score (nSPS) is 16.0. The van der Waals surface area contributed by atoms with Gasteiger partial charge in [0.15, 0.2) is 0 Å². The summed E-state index contributed by atoms with van der Waals surface area (Å²) >= 11 is 0. The number of halogens is 1. The molecule has 1 aromatic rings. The van der Waals surface area contributed by atoms with Crippen molar-refractivity contribution in [1.29, 1.82) is 0 Å². The maximum atomic E-state index is 13.5. The highest BCUT2D eigenvalue weighted by molar-refractivity contribution is 5.99. The topological polar surface area (TPSA) is 58.2 Å². The zero-order valence-electron chi connectivity index (χ0n) is 13.4. The van der Waals surface area contributed by atoms with Crippen molar-refractivity contribution in [3.8, 4) is 0 Å². The van der Waals surface area contributed by atoms with Crippen LogP contribution in [0.4, 0.5) is 4.39 Å². The molecule has 0 aromatic heterocycles. The van der Waals surface area contributed by atoms with Gasteiger partial charge in [-0.2, -0.15) is 0 Å². The standard InChI is InChI=1S/C18H23FN2O2/c1-13(11-14-7-5-6-10-16(14)19)18(23)20-12-17(22)21-15-8-3-2-4-9-15/h5-7,10-11,15H,2-4,8-9,12H2,1H3,(H,20,23)(H,21,22)/b13-11+. The van der Waals surface area contributed by atoms with E-state index in [4.69, 9.17) is 0 Å². The van der Waals surface area contributed by atoms with E-state index in [0.717, 1.165) is 25.7 Å². The van der Waals surface area contributed by atoms with Crippen molar-refractivity contribution in [2.75, 3.05) is 6.54 Å². The Labute approximate surface area is 136 Å². The van der Waals surface area contributed by atoms with E-state index >= 15 is 0 Å². The monoisotopic (exact) mass is 318 g/mol. The summed E-state index contributed by atoms with van der Waals surface area (Å²) < 4.78 is 13.5. The fourth-order valence-electron chi connectivity index (χ4n) is 2.72. The zero-order valence-corrected chi connectivity index (χ0v) is 13.4. The zero-order chi connectivity index (χ0) is 16.7. The highest BCUT2D eigenvalue weighted by Crippen LogP contribution is 2.17. The van der Waals surface area contributed by atoms with E-state index in [9.17, 15) is 14.0 Å². The highest BCUT2D eigenvalue weighted by Gasteiger charge is 2.16. The largest absolute Gasteiger partial charge is 0.352 e. The van der Waals surface area contributed by atoms with Gasteiger partial charge in [0.05, 0.1) is 6.54 Å². The van der Waals surface area contributed by atoms with E-state index in [0.29, 0.717) is 11.1 Å². The summed E-state index contributed by atoms with van der Waals surface area (Å²) in [5.74, 6) is -0.925. The first-order chi connectivity index (χ1) is 11.1. The first kappa shape index (κ1) is 17.2. The lowest BCUT2D eigenvalue weighted by Gasteiger charge is -2.22. The molecule has 1 aliphatic carbocycles. The second kappa shape index (κ2) is 8.46. The van der Waals surface area contributed by atoms with Gasteiger partial charge < -0.3 is 10.6 Å². The minimum absolute atomic E-state index is 0.0578. The Kier molecular flexibility index (Phi) is 6.32. The van der Waals surface area contributed by atoms with Crippen LogP contribution in [0.3, 0.4) is 0 Å². The molecule has 1 fully saturated rings. The van der Waals surface area contributed by atoms with Crippen LogP contribution in [0.25, 0.3) is 6.08 Å². The Balaban J connectivity index is 1.81. The number of hydrogen-bond donors (Lipinski definition) is 2. The van der Waals surface area contributed by atoms with Gasteiger partial charge in [0, 0.05) is 17.2 Å². The quantitative estimate of drug-likeness (QED) is 0.820. The van der Waals surface area contributed by atoms with E-state index in [2.05, 4.69) is 10.6 Å². The van der Waals surface area contributed by atoms with Crippen molar-refractivity contribution in [3.63, 3.8) is 0 Å². The van der Waals surface area contributed by atoms with Crippen LogP contribution < -0.4 is 10.6 Å². The molecule has 0 unspecified atom stereocenters. The van der Waals surface area contributed by atoms with Crippen LogP contribution in [-0.4, -0.2) is 24.4 Å². The van der Waals surface area contributed by atoms with Gasteiger partial charge in [-0.3, -0.25) is 9.59 Å². The van der Waals surface area contributed by atoms with Crippen molar-refractivity contribution < 1.29 is 14.0 Å². The van der Waals surface area contributed by atoms with E-state index < -0.39 is 0 Å². The molecule has 0 heterocycles. The number of hydrogen-bond acceptors (Lipinski definition) is 2. The summed E-state index contributed by atoms with van der Waals surface area (Å²) in [6.45, 7) is 1.54. The lowest BCUT2D eigenvalue weighted by molar-refractivity contribution is -0.124. The number of carbonyl (C=O) groups excluding carboxylic acids is 2. The van der Waals surface area contributed by atoms with Crippen LogP contribution in [0, 0.1) is 5.82 Å². The van der Waals surface area contributed by atoms with E-state index in [-0.39, 0.29) is 30.2 Å². The van der Waals surface area contributed by atoms with Crippen LogP contribution in [0.15, 0.2) is 29.8 Å². The van der Waals surface area contributed by atoms with Gasteiger partial charge in [-0.25, -0.2) is 4.39 Å². The van der Waals surface area contributed by atoms with Crippen LogP contribution in [0.2, 0.25) is 0 Å². The van der Waals surface area contributed by atoms with Gasteiger partial charge in [0.25, 0.3) is 0 Å². The molecular weight excluding hydrogens is 295 g/mol. The van der Waals surface area contributed by atoms with Crippen molar-refractivity contribution in [2.24, 2.45) is 0 Å². The molecule has 4 nitrogen and oxygen atoms in total. The van der Waals surface area contributed by atoms with Gasteiger partial charge in [0.2, 0.25) is 11.8 Å². The number of carbonyl (C=O) groups is 2. The number of amides is 2. The molecule has 0 atom stereocenters. The molecule has 2 rings (SSSR count). The first-order valence-corrected chi connectivity index (χ1v) is 8.06. The third-order valence-electron chi connectivity index (χ3n) is 4.02. The Morgan fingerprint density at radius 1 is 1.22 bits per heavy atom. The minimum atomic E-state index is -0.380. The average Bonchev–Trinajstić information content (AvgIpc) is 2.55. The Bertz CT molecular complexity index is 592. The van der Waals surface area contributed by atoms with Crippen molar-refractivity contribution in [2.45, 2.75) is 45.1 Å². The number of rotatable bonds is 5. The average molecular weight is 318 g/mol. The molecule has 1 aliphatic rings. The Morgan fingerprint density at radius 2 is 1.91 bits per heavy atom. The van der Waals surface area contributed by atoms with Crippen LogP contribution in [0.5, 0.6) is 0 Å². The van der Waals surface area contributed by atoms with Gasteiger partial charge in [-0.15, -0.1) is 0 Å². The summed E-state index contributed by atoms with van der Waals surface area (Å²) in [4.78, 5) is 23.8. The third kappa shape index (κ3) is 5.51. The van der Waals surface area contributed by atoms with Crippen molar-refractivity contribution in [3.05, 3.63) is 41.2 Å². The molecule has 1 saturated carbocycles. The van der Waals surface area contributed by atoms with Crippen molar-refractivity contribution in [1.82, 2.24) is 10.6 Å². The van der Waals surface area contributed by atoms with Crippen molar-refractivity contribution >= 4 is 17.9 Å². The lowest BCUT2D eigenvalue weighted by atomic mass is 9.95. The van der Waals surface area contributed by atoms with Gasteiger partial charge in [0.1, 0.15) is 5.82 Å². The molecule has 5 heteroatoms. The van der Waals surface area contributed by atoms with Crippen LogP contribution in [-0.2, 0) is 9.59 Å². The van der Waals surface area contributed by atoms with E-state index in [1.54, 1.807) is 25.1 Å².